The van der Waals surface area contributed by atoms with Gasteiger partial charge in [0.15, 0.2) is 0 Å². The molecule has 5 rings (SSSR count). The molecule has 3 aromatic carbocycles. The van der Waals surface area contributed by atoms with Crippen molar-refractivity contribution in [3.05, 3.63) is 66.7 Å². The van der Waals surface area contributed by atoms with Crippen molar-refractivity contribution >= 4 is 43.6 Å². The van der Waals surface area contributed by atoms with Crippen molar-refractivity contribution in [3.63, 3.8) is 0 Å². The molecule has 0 unspecified atom stereocenters. The average Bonchev–Trinajstić information content (AvgIpc) is 2.64. The molecule has 0 N–H and O–H groups in total. The molecular weight excluding hydrogens is 296 g/mol. The standard InChI is InChI=1S/C21H14N2O/c1-24-20-12-19-15(10-13-6-2-4-8-17(13)22-19)16-11-14-7-3-5-9-18(14)23-21(16)20/h2-12H,1H3. The van der Waals surface area contributed by atoms with Crippen molar-refractivity contribution in [1.29, 1.82) is 0 Å². The number of benzene rings is 3. The summed E-state index contributed by atoms with van der Waals surface area (Å²) in [4.78, 5) is 9.63. The lowest BCUT2D eigenvalue weighted by Crippen LogP contribution is -1.92. The molecule has 0 aliphatic heterocycles. The van der Waals surface area contributed by atoms with Gasteiger partial charge >= 0.3 is 0 Å². The van der Waals surface area contributed by atoms with E-state index in [0.29, 0.717) is 0 Å². The summed E-state index contributed by atoms with van der Waals surface area (Å²) in [6.07, 6.45) is 0. The van der Waals surface area contributed by atoms with E-state index in [0.717, 1.165) is 49.4 Å². The third-order valence-electron chi connectivity index (χ3n) is 4.49. The van der Waals surface area contributed by atoms with Crippen LogP contribution >= 0.6 is 0 Å². The van der Waals surface area contributed by atoms with E-state index in [4.69, 9.17) is 14.7 Å². The molecule has 5 aromatic rings. The zero-order chi connectivity index (χ0) is 16.1. The van der Waals surface area contributed by atoms with E-state index in [9.17, 15) is 0 Å². The molecule has 24 heavy (non-hydrogen) atoms. The molecule has 0 saturated carbocycles. The van der Waals surface area contributed by atoms with Crippen LogP contribution in [0.5, 0.6) is 5.75 Å². The second-order valence-corrected chi connectivity index (χ2v) is 5.90. The van der Waals surface area contributed by atoms with Crippen LogP contribution in [0.1, 0.15) is 0 Å². The van der Waals surface area contributed by atoms with Gasteiger partial charge in [-0.25, -0.2) is 9.97 Å². The summed E-state index contributed by atoms with van der Waals surface area (Å²) < 4.78 is 5.59. The molecule has 0 fully saturated rings. The highest BCUT2D eigenvalue weighted by atomic mass is 16.5. The maximum atomic E-state index is 5.59. The fourth-order valence-corrected chi connectivity index (χ4v) is 3.31. The summed E-state index contributed by atoms with van der Waals surface area (Å²) in [5, 5.41) is 4.42. The van der Waals surface area contributed by atoms with Crippen molar-refractivity contribution in [2.45, 2.75) is 0 Å². The SMILES string of the molecule is COc1cc2nc3ccccc3cc2c2cc3ccccc3nc12. The van der Waals surface area contributed by atoms with Gasteiger partial charge < -0.3 is 4.74 Å². The first-order valence-corrected chi connectivity index (χ1v) is 7.89. The average molecular weight is 310 g/mol. The Morgan fingerprint density at radius 3 is 2.00 bits per heavy atom. The molecule has 0 atom stereocenters. The molecule has 0 aliphatic carbocycles. The molecule has 114 valence electrons. The lowest BCUT2D eigenvalue weighted by atomic mass is 10.0. The monoisotopic (exact) mass is 310 g/mol. The number of ether oxygens (including phenoxy) is 1. The number of hydrogen-bond donors (Lipinski definition) is 0. The van der Waals surface area contributed by atoms with Gasteiger partial charge in [-0.15, -0.1) is 0 Å². The van der Waals surface area contributed by atoms with Crippen molar-refractivity contribution in [1.82, 2.24) is 9.97 Å². The first-order valence-electron chi connectivity index (χ1n) is 7.89. The predicted molar refractivity (Wildman–Crippen MR) is 98.6 cm³/mol. The topological polar surface area (TPSA) is 35.0 Å². The van der Waals surface area contributed by atoms with Gasteiger partial charge in [-0.05, 0) is 24.3 Å². The van der Waals surface area contributed by atoms with Gasteiger partial charge in [-0.1, -0.05) is 36.4 Å². The third kappa shape index (κ3) is 1.85. The number of aromatic nitrogens is 2. The first kappa shape index (κ1) is 13.3. The van der Waals surface area contributed by atoms with Crippen molar-refractivity contribution in [2.75, 3.05) is 7.11 Å². The molecule has 0 amide bonds. The number of nitrogens with zero attached hydrogens (tertiary/aromatic N) is 2. The van der Waals surface area contributed by atoms with Gasteiger partial charge in [0.05, 0.1) is 23.7 Å². The van der Waals surface area contributed by atoms with Crippen LogP contribution in [0, 0.1) is 0 Å². The Bertz CT molecular complexity index is 1240. The molecule has 0 spiro atoms. The second-order valence-electron chi connectivity index (χ2n) is 5.90. The molecule has 0 saturated heterocycles. The molecule has 0 bridgehead atoms. The van der Waals surface area contributed by atoms with Gasteiger partial charge in [-0.3, -0.25) is 0 Å². The van der Waals surface area contributed by atoms with Crippen molar-refractivity contribution in [2.24, 2.45) is 0 Å². The fourth-order valence-electron chi connectivity index (χ4n) is 3.31. The predicted octanol–water partition coefficient (Wildman–Crippen LogP) is 5.10. The number of para-hydroxylation sites is 2. The van der Waals surface area contributed by atoms with Crippen LogP contribution in [0.3, 0.4) is 0 Å². The number of hydrogen-bond acceptors (Lipinski definition) is 3. The van der Waals surface area contributed by atoms with Gasteiger partial charge in [0.2, 0.25) is 0 Å². The minimum atomic E-state index is 0.756. The van der Waals surface area contributed by atoms with Crippen LogP contribution in [0.4, 0.5) is 0 Å². The lowest BCUT2D eigenvalue weighted by molar-refractivity contribution is 0.419. The molecular formula is C21H14N2O. The third-order valence-corrected chi connectivity index (χ3v) is 4.49. The van der Waals surface area contributed by atoms with Crippen LogP contribution in [0.25, 0.3) is 43.6 Å². The Hall–Kier alpha value is -3.20. The van der Waals surface area contributed by atoms with Gasteiger partial charge in [-0.2, -0.15) is 0 Å². The van der Waals surface area contributed by atoms with E-state index in [2.05, 4.69) is 24.3 Å². The van der Waals surface area contributed by atoms with E-state index in [1.807, 2.05) is 42.5 Å². The highest BCUT2D eigenvalue weighted by molar-refractivity contribution is 6.13. The Morgan fingerprint density at radius 2 is 1.29 bits per heavy atom. The first-order chi connectivity index (χ1) is 11.8. The van der Waals surface area contributed by atoms with E-state index in [-0.39, 0.29) is 0 Å². The van der Waals surface area contributed by atoms with Crippen LogP contribution in [-0.4, -0.2) is 17.1 Å². The zero-order valence-corrected chi connectivity index (χ0v) is 13.2. The summed E-state index contributed by atoms with van der Waals surface area (Å²) >= 11 is 0. The Balaban J connectivity index is 2.03. The molecule has 2 heterocycles. The number of methoxy groups -OCH3 is 1. The summed E-state index contributed by atoms with van der Waals surface area (Å²) in [5.41, 5.74) is 3.76. The summed E-state index contributed by atoms with van der Waals surface area (Å²) in [6.45, 7) is 0. The highest BCUT2D eigenvalue weighted by Crippen LogP contribution is 2.34. The van der Waals surface area contributed by atoms with E-state index >= 15 is 0 Å². The van der Waals surface area contributed by atoms with Gasteiger partial charge in [0, 0.05) is 27.6 Å². The van der Waals surface area contributed by atoms with Gasteiger partial charge in [0.25, 0.3) is 0 Å². The maximum Gasteiger partial charge on any atom is 0.147 e. The van der Waals surface area contributed by atoms with Crippen LogP contribution in [-0.2, 0) is 0 Å². The quantitative estimate of drug-likeness (QED) is 0.319. The molecule has 0 radical (unpaired) electrons. The highest BCUT2D eigenvalue weighted by Gasteiger charge is 2.12. The van der Waals surface area contributed by atoms with Crippen molar-refractivity contribution < 1.29 is 4.74 Å². The molecule has 0 aliphatic rings. The fraction of sp³-hybridized carbons (Fsp3) is 0.0476. The normalized spacial score (nSPS) is 11.5. The van der Waals surface area contributed by atoms with Crippen LogP contribution in [0.2, 0.25) is 0 Å². The van der Waals surface area contributed by atoms with Gasteiger partial charge in [0.1, 0.15) is 11.3 Å². The summed E-state index contributed by atoms with van der Waals surface area (Å²) in [6, 6.07) is 22.7. The number of fused-ring (bicyclic) bond motifs is 5. The minimum absolute atomic E-state index is 0.756. The Kier molecular flexibility index (Phi) is 2.71. The zero-order valence-electron chi connectivity index (χ0n) is 13.2. The van der Waals surface area contributed by atoms with E-state index in [1.54, 1.807) is 7.11 Å². The largest absolute Gasteiger partial charge is 0.494 e. The lowest BCUT2D eigenvalue weighted by Gasteiger charge is -2.10. The van der Waals surface area contributed by atoms with Crippen LogP contribution < -0.4 is 4.74 Å². The Morgan fingerprint density at radius 1 is 0.667 bits per heavy atom. The summed E-state index contributed by atoms with van der Waals surface area (Å²) in [7, 11) is 1.68. The smallest absolute Gasteiger partial charge is 0.147 e. The Labute approximate surface area is 138 Å². The number of pyridine rings is 2. The second kappa shape index (κ2) is 4.90. The summed E-state index contributed by atoms with van der Waals surface area (Å²) in [5.74, 6) is 0.756. The van der Waals surface area contributed by atoms with E-state index < -0.39 is 0 Å². The number of rotatable bonds is 1. The minimum Gasteiger partial charge on any atom is -0.494 e. The molecule has 3 heteroatoms. The maximum absolute atomic E-state index is 5.59. The molecule has 3 nitrogen and oxygen atoms in total. The van der Waals surface area contributed by atoms with Crippen molar-refractivity contribution in [3.8, 4) is 5.75 Å². The van der Waals surface area contributed by atoms with Crippen LogP contribution in [0.15, 0.2) is 66.7 Å². The van der Waals surface area contributed by atoms with E-state index in [1.165, 1.54) is 0 Å². The molecule has 2 aromatic heterocycles.